The second kappa shape index (κ2) is 5.52. The van der Waals surface area contributed by atoms with Crippen LogP contribution in [0, 0.1) is 0 Å². The molecule has 0 aromatic heterocycles. The molecular formula is C14H21NO2. The smallest absolute Gasteiger partial charge is 0.119 e. The van der Waals surface area contributed by atoms with Gasteiger partial charge >= 0.3 is 0 Å². The summed E-state index contributed by atoms with van der Waals surface area (Å²) in [6.07, 6.45) is 3.80. The Kier molecular flexibility index (Phi) is 4.02. The summed E-state index contributed by atoms with van der Waals surface area (Å²) in [5.41, 5.74) is 7.26. The Morgan fingerprint density at radius 3 is 2.41 bits per heavy atom. The molecule has 1 saturated carbocycles. The molecule has 3 heteroatoms. The van der Waals surface area contributed by atoms with Gasteiger partial charge in [0.25, 0.3) is 0 Å². The fourth-order valence-electron chi connectivity index (χ4n) is 1.93. The first-order valence-electron chi connectivity index (χ1n) is 6.29. The lowest BCUT2D eigenvalue weighted by molar-refractivity contribution is 0.0772. The van der Waals surface area contributed by atoms with Crippen molar-refractivity contribution in [2.45, 2.75) is 44.4 Å². The standard InChI is InChI=1S/C14H21NO2/c1-3-13(16-2)14(15)10-4-6-11(7-5-10)17-12-8-9-12/h4-7,12-14H,3,8-9,15H2,1-2H3. The zero-order chi connectivity index (χ0) is 12.3. The lowest BCUT2D eigenvalue weighted by Gasteiger charge is -2.21. The maximum Gasteiger partial charge on any atom is 0.119 e. The van der Waals surface area contributed by atoms with Crippen LogP contribution in [0.2, 0.25) is 0 Å². The highest BCUT2D eigenvalue weighted by atomic mass is 16.5. The van der Waals surface area contributed by atoms with Gasteiger partial charge in [0.1, 0.15) is 5.75 Å². The molecule has 0 saturated heterocycles. The number of hydrogen-bond acceptors (Lipinski definition) is 3. The topological polar surface area (TPSA) is 44.5 Å². The Labute approximate surface area is 103 Å². The van der Waals surface area contributed by atoms with Crippen LogP contribution in [-0.4, -0.2) is 19.3 Å². The summed E-state index contributed by atoms with van der Waals surface area (Å²) in [5.74, 6) is 0.939. The van der Waals surface area contributed by atoms with E-state index >= 15 is 0 Å². The zero-order valence-electron chi connectivity index (χ0n) is 10.6. The first-order chi connectivity index (χ1) is 8.24. The molecule has 0 amide bonds. The molecule has 0 radical (unpaired) electrons. The van der Waals surface area contributed by atoms with Crippen molar-refractivity contribution in [3.63, 3.8) is 0 Å². The molecular weight excluding hydrogens is 214 g/mol. The average Bonchev–Trinajstić information content (AvgIpc) is 3.15. The van der Waals surface area contributed by atoms with E-state index in [2.05, 4.69) is 6.92 Å². The van der Waals surface area contributed by atoms with E-state index in [1.54, 1.807) is 7.11 Å². The van der Waals surface area contributed by atoms with E-state index in [-0.39, 0.29) is 12.1 Å². The molecule has 1 aromatic carbocycles. The maximum atomic E-state index is 6.16. The number of rotatable bonds is 6. The number of nitrogens with two attached hydrogens (primary N) is 1. The van der Waals surface area contributed by atoms with Crippen molar-refractivity contribution in [1.29, 1.82) is 0 Å². The Morgan fingerprint density at radius 1 is 1.29 bits per heavy atom. The van der Waals surface area contributed by atoms with Gasteiger partial charge in [-0.1, -0.05) is 19.1 Å². The zero-order valence-corrected chi connectivity index (χ0v) is 10.6. The summed E-state index contributed by atoms with van der Waals surface area (Å²) in [6, 6.07) is 7.99. The van der Waals surface area contributed by atoms with E-state index in [0.717, 1.165) is 17.7 Å². The summed E-state index contributed by atoms with van der Waals surface area (Å²) in [4.78, 5) is 0. The summed E-state index contributed by atoms with van der Waals surface area (Å²) in [6.45, 7) is 2.08. The van der Waals surface area contributed by atoms with Gasteiger partial charge in [0.15, 0.2) is 0 Å². The quantitative estimate of drug-likeness (QED) is 0.824. The van der Waals surface area contributed by atoms with Crippen LogP contribution in [-0.2, 0) is 4.74 Å². The van der Waals surface area contributed by atoms with Gasteiger partial charge in [-0.05, 0) is 37.0 Å². The molecule has 0 bridgehead atoms. The molecule has 0 spiro atoms. The van der Waals surface area contributed by atoms with Crippen LogP contribution in [0.5, 0.6) is 5.75 Å². The first-order valence-corrected chi connectivity index (χ1v) is 6.29. The molecule has 2 unspecified atom stereocenters. The number of hydrogen-bond donors (Lipinski definition) is 1. The van der Waals surface area contributed by atoms with Crippen molar-refractivity contribution in [2.75, 3.05) is 7.11 Å². The highest BCUT2D eigenvalue weighted by Crippen LogP contribution is 2.28. The van der Waals surface area contributed by atoms with Gasteiger partial charge in [-0.3, -0.25) is 0 Å². The largest absolute Gasteiger partial charge is 0.490 e. The molecule has 2 N–H and O–H groups in total. The van der Waals surface area contributed by atoms with Crippen molar-refractivity contribution in [3.8, 4) is 5.75 Å². The van der Waals surface area contributed by atoms with Crippen LogP contribution in [0.1, 0.15) is 37.8 Å². The van der Waals surface area contributed by atoms with Crippen molar-refractivity contribution in [2.24, 2.45) is 5.73 Å². The Morgan fingerprint density at radius 2 is 1.94 bits per heavy atom. The molecule has 2 rings (SSSR count). The fourth-order valence-corrected chi connectivity index (χ4v) is 1.93. The molecule has 0 heterocycles. The van der Waals surface area contributed by atoms with Crippen molar-refractivity contribution in [1.82, 2.24) is 0 Å². The highest BCUT2D eigenvalue weighted by molar-refractivity contribution is 5.30. The van der Waals surface area contributed by atoms with Crippen LogP contribution in [0.4, 0.5) is 0 Å². The monoisotopic (exact) mass is 235 g/mol. The highest BCUT2D eigenvalue weighted by Gasteiger charge is 2.23. The third kappa shape index (κ3) is 3.20. The SMILES string of the molecule is CCC(OC)C(N)c1ccc(OC2CC2)cc1. The molecule has 1 aromatic rings. The van der Waals surface area contributed by atoms with Gasteiger partial charge in [0, 0.05) is 7.11 Å². The fraction of sp³-hybridized carbons (Fsp3) is 0.571. The lowest BCUT2D eigenvalue weighted by atomic mass is 10.0. The lowest BCUT2D eigenvalue weighted by Crippen LogP contribution is -2.27. The molecule has 94 valence electrons. The molecule has 1 aliphatic rings. The van der Waals surface area contributed by atoms with Gasteiger partial charge in [-0.25, -0.2) is 0 Å². The van der Waals surface area contributed by atoms with E-state index in [1.807, 2.05) is 24.3 Å². The third-order valence-corrected chi connectivity index (χ3v) is 3.20. The van der Waals surface area contributed by atoms with Crippen LogP contribution >= 0.6 is 0 Å². The predicted octanol–water partition coefficient (Wildman–Crippen LogP) is 2.65. The molecule has 3 nitrogen and oxygen atoms in total. The maximum absolute atomic E-state index is 6.16. The summed E-state index contributed by atoms with van der Waals surface area (Å²) in [5, 5.41) is 0. The molecule has 2 atom stereocenters. The number of methoxy groups -OCH3 is 1. The minimum absolute atomic E-state index is 0.0695. The van der Waals surface area contributed by atoms with Crippen LogP contribution in [0.25, 0.3) is 0 Å². The predicted molar refractivity (Wildman–Crippen MR) is 68.1 cm³/mol. The molecule has 1 fully saturated rings. The van der Waals surface area contributed by atoms with E-state index in [4.69, 9.17) is 15.2 Å². The van der Waals surface area contributed by atoms with E-state index in [9.17, 15) is 0 Å². The first kappa shape index (κ1) is 12.4. The Hall–Kier alpha value is -1.06. The second-order valence-electron chi connectivity index (χ2n) is 4.59. The van der Waals surface area contributed by atoms with Crippen LogP contribution in [0.3, 0.4) is 0 Å². The normalized spacial score (nSPS) is 18.8. The Bertz CT molecular complexity index is 342. The van der Waals surface area contributed by atoms with Gasteiger partial charge < -0.3 is 15.2 Å². The van der Waals surface area contributed by atoms with E-state index in [0.29, 0.717) is 6.10 Å². The minimum atomic E-state index is -0.0695. The van der Waals surface area contributed by atoms with Crippen LogP contribution in [0.15, 0.2) is 24.3 Å². The summed E-state index contributed by atoms with van der Waals surface area (Å²) >= 11 is 0. The number of benzene rings is 1. The second-order valence-corrected chi connectivity index (χ2v) is 4.59. The Balaban J connectivity index is 2.00. The van der Waals surface area contributed by atoms with Gasteiger partial charge in [0.05, 0.1) is 18.2 Å². The molecule has 0 aliphatic heterocycles. The average molecular weight is 235 g/mol. The molecule has 17 heavy (non-hydrogen) atoms. The van der Waals surface area contributed by atoms with E-state index in [1.165, 1.54) is 12.8 Å². The van der Waals surface area contributed by atoms with Crippen molar-refractivity contribution >= 4 is 0 Å². The van der Waals surface area contributed by atoms with Gasteiger partial charge in [-0.15, -0.1) is 0 Å². The van der Waals surface area contributed by atoms with Crippen molar-refractivity contribution < 1.29 is 9.47 Å². The molecule has 1 aliphatic carbocycles. The van der Waals surface area contributed by atoms with Crippen molar-refractivity contribution in [3.05, 3.63) is 29.8 Å². The van der Waals surface area contributed by atoms with Gasteiger partial charge in [-0.2, -0.15) is 0 Å². The third-order valence-electron chi connectivity index (χ3n) is 3.20. The summed E-state index contributed by atoms with van der Waals surface area (Å²) < 4.78 is 11.1. The van der Waals surface area contributed by atoms with E-state index < -0.39 is 0 Å². The van der Waals surface area contributed by atoms with Gasteiger partial charge in [0.2, 0.25) is 0 Å². The van der Waals surface area contributed by atoms with Crippen LogP contribution < -0.4 is 10.5 Å². The number of ether oxygens (including phenoxy) is 2. The summed E-state index contributed by atoms with van der Waals surface area (Å²) in [7, 11) is 1.71. The minimum Gasteiger partial charge on any atom is -0.490 e.